The predicted molar refractivity (Wildman–Crippen MR) is 92.5 cm³/mol. The first-order valence-electron chi connectivity index (χ1n) is 10.7. The molecule has 1 N–H and O–H groups in total. The normalized spacial score (nSPS) is 54.7. The minimum atomic E-state index is -0.322. The van der Waals surface area contributed by atoms with Crippen LogP contribution in [0.15, 0.2) is 0 Å². The molecule has 8 aliphatic rings. The summed E-state index contributed by atoms with van der Waals surface area (Å²) in [5.41, 5.74) is 2.49. The van der Waals surface area contributed by atoms with Crippen LogP contribution in [0.5, 0.6) is 0 Å². The zero-order chi connectivity index (χ0) is 16.6. The van der Waals surface area contributed by atoms with Gasteiger partial charge in [0.1, 0.15) is 5.60 Å². The van der Waals surface area contributed by atoms with Crippen molar-refractivity contribution < 1.29 is 14.4 Å². The third-order valence-corrected chi connectivity index (χ3v) is 8.62. The molecule has 4 heteroatoms. The van der Waals surface area contributed by atoms with E-state index in [1.165, 1.54) is 38.5 Å². The van der Waals surface area contributed by atoms with E-state index in [9.17, 15) is 4.79 Å². The zero-order valence-electron chi connectivity index (χ0n) is 15.2. The fraction of sp³-hybridized carbons (Fsp3) is 0.952. The van der Waals surface area contributed by atoms with Crippen LogP contribution in [-0.2, 0) is 9.57 Å². The maximum atomic E-state index is 12.6. The number of ether oxygens (including phenoxy) is 1. The first kappa shape index (κ1) is 15.3. The molecule has 0 aliphatic heterocycles. The molecule has 0 heterocycles. The summed E-state index contributed by atoms with van der Waals surface area (Å²) >= 11 is 0. The first-order valence-corrected chi connectivity index (χ1v) is 10.7. The van der Waals surface area contributed by atoms with Gasteiger partial charge < -0.3 is 4.74 Å². The van der Waals surface area contributed by atoms with Crippen molar-refractivity contribution >= 4 is 6.09 Å². The second-order valence-electron chi connectivity index (χ2n) is 10.8. The van der Waals surface area contributed by atoms with E-state index in [1.807, 2.05) is 0 Å². The molecule has 0 unspecified atom stereocenters. The van der Waals surface area contributed by atoms with Crippen LogP contribution in [0.25, 0.3) is 0 Å². The van der Waals surface area contributed by atoms with Crippen molar-refractivity contribution in [1.29, 1.82) is 0 Å². The molecule has 8 aliphatic carbocycles. The Balaban J connectivity index is 1.10. The Labute approximate surface area is 150 Å². The molecule has 0 aromatic heterocycles. The molecule has 8 bridgehead atoms. The number of rotatable bonds is 3. The quantitative estimate of drug-likeness (QED) is 0.762. The second-order valence-corrected chi connectivity index (χ2v) is 10.8. The lowest BCUT2D eigenvalue weighted by Gasteiger charge is -2.56. The number of hydroxylamine groups is 1. The molecular formula is C21H31NO3. The minimum Gasteiger partial charge on any atom is -0.441 e. The molecule has 4 nitrogen and oxygen atoms in total. The lowest BCUT2D eigenvalue weighted by atomic mass is 9.54. The van der Waals surface area contributed by atoms with Crippen LogP contribution in [0.4, 0.5) is 4.79 Å². The van der Waals surface area contributed by atoms with Crippen molar-refractivity contribution in [3.63, 3.8) is 0 Å². The Morgan fingerprint density at radius 1 is 0.640 bits per heavy atom. The van der Waals surface area contributed by atoms with Gasteiger partial charge in [0.25, 0.3) is 0 Å². The van der Waals surface area contributed by atoms with Crippen LogP contribution < -0.4 is 5.48 Å². The number of amides is 1. The summed E-state index contributed by atoms with van der Waals surface area (Å²) in [4.78, 5) is 18.7. The second kappa shape index (κ2) is 5.15. The highest BCUT2D eigenvalue weighted by atomic mass is 16.7. The van der Waals surface area contributed by atoms with Crippen molar-refractivity contribution in [3.05, 3.63) is 0 Å². The first-order chi connectivity index (χ1) is 12.1. The van der Waals surface area contributed by atoms with E-state index in [0.29, 0.717) is 0 Å². The van der Waals surface area contributed by atoms with E-state index in [1.54, 1.807) is 0 Å². The van der Waals surface area contributed by atoms with Gasteiger partial charge in [0.05, 0.1) is 5.60 Å². The summed E-state index contributed by atoms with van der Waals surface area (Å²) < 4.78 is 6.04. The van der Waals surface area contributed by atoms with E-state index in [0.717, 1.165) is 74.0 Å². The molecule has 8 fully saturated rings. The van der Waals surface area contributed by atoms with Crippen LogP contribution in [-0.4, -0.2) is 17.3 Å². The maximum Gasteiger partial charge on any atom is 0.431 e. The Kier molecular flexibility index (Phi) is 3.15. The predicted octanol–water partition coefficient (Wildman–Crippen LogP) is 4.58. The molecule has 0 saturated heterocycles. The molecule has 138 valence electrons. The summed E-state index contributed by atoms with van der Waals surface area (Å²) in [6.45, 7) is 0. The Hall–Kier alpha value is -0.770. The van der Waals surface area contributed by atoms with Crippen molar-refractivity contribution in [2.75, 3.05) is 0 Å². The summed E-state index contributed by atoms with van der Waals surface area (Å²) in [5, 5.41) is 0. The molecule has 8 saturated carbocycles. The van der Waals surface area contributed by atoms with Gasteiger partial charge in [-0.3, -0.25) is 4.84 Å². The number of nitrogens with one attached hydrogen (secondary N) is 1. The molecule has 0 aromatic carbocycles. The highest BCUT2D eigenvalue weighted by Crippen LogP contribution is 2.58. The third kappa shape index (κ3) is 2.54. The van der Waals surface area contributed by atoms with Crippen LogP contribution >= 0.6 is 0 Å². The summed E-state index contributed by atoms with van der Waals surface area (Å²) in [7, 11) is 0. The van der Waals surface area contributed by atoms with Crippen LogP contribution in [0, 0.1) is 35.5 Å². The summed E-state index contributed by atoms with van der Waals surface area (Å²) in [6, 6.07) is 0. The largest absolute Gasteiger partial charge is 0.441 e. The molecule has 0 radical (unpaired) electrons. The van der Waals surface area contributed by atoms with E-state index < -0.39 is 0 Å². The molecule has 25 heavy (non-hydrogen) atoms. The smallest absolute Gasteiger partial charge is 0.431 e. The fourth-order valence-corrected chi connectivity index (χ4v) is 8.68. The maximum absolute atomic E-state index is 12.6. The van der Waals surface area contributed by atoms with Gasteiger partial charge in [-0.15, -0.1) is 0 Å². The third-order valence-electron chi connectivity index (χ3n) is 8.62. The topological polar surface area (TPSA) is 47.6 Å². The lowest BCUT2D eigenvalue weighted by molar-refractivity contribution is -0.198. The van der Waals surface area contributed by atoms with Gasteiger partial charge in [-0.25, -0.2) is 4.79 Å². The fourth-order valence-electron chi connectivity index (χ4n) is 8.68. The van der Waals surface area contributed by atoms with E-state index in [4.69, 9.17) is 9.57 Å². The summed E-state index contributed by atoms with van der Waals surface area (Å²) in [5.74, 6) is 4.86. The highest BCUT2D eigenvalue weighted by molar-refractivity contribution is 5.66. The number of carbonyl (C=O) groups excluding carboxylic acids is 1. The van der Waals surface area contributed by atoms with Crippen molar-refractivity contribution in [2.45, 2.75) is 88.3 Å². The van der Waals surface area contributed by atoms with Gasteiger partial charge in [-0.2, -0.15) is 5.48 Å². The van der Waals surface area contributed by atoms with E-state index >= 15 is 0 Å². The molecule has 0 aromatic rings. The van der Waals surface area contributed by atoms with Crippen molar-refractivity contribution in [1.82, 2.24) is 5.48 Å². The lowest BCUT2D eigenvalue weighted by Crippen LogP contribution is -2.56. The average Bonchev–Trinajstić information content (AvgIpc) is 2.50. The molecule has 1 amide bonds. The standard InChI is InChI=1S/C21H31NO3/c23-19(24-20-7-13-1-14(8-20)3-15(2-13)9-20)22-25-21-10-16-4-17(11-21)6-18(5-16)12-21/h13-18H,1-12H2,(H,22,23). The minimum absolute atomic E-state index is 0.0881. The van der Waals surface area contributed by atoms with Gasteiger partial charge >= 0.3 is 6.09 Å². The average molecular weight is 345 g/mol. The van der Waals surface area contributed by atoms with Gasteiger partial charge in [0.15, 0.2) is 0 Å². The van der Waals surface area contributed by atoms with Gasteiger partial charge in [0.2, 0.25) is 0 Å². The molecular weight excluding hydrogens is 314 g/mol. The monoisotopic (exact) mass is 345 g/mol. The Bertz CT molecular complexity index is 515. The zero-order valence-corrected chi connectivity index (χ0v) is 15.2. The van der Waals surface area contributed by atoms with Crippen LogP contribution in [0.3, 0.4) is 0 Å². The molecule has 8 rings (SSSR count). The SMILES string of the molecule is O=C(NOC12CC3CC(CC(C3)C1)C2)OC12CC3CC(CC(C3)C1)C2. The van der Waals surface area contributed by atoms with E-state index in [2.05, 4.69) is 5.48 Å². The van der Waals surface area contributed by atoms with Crippen molar-refractivity contribution in [3.8, 4) is 0 Å². The van der Waals surface area contributed by atoms with Crippen LogP contribution in [0.1, 0.15) is 77.0 Å². The van der Waals surface area contributed by atoms with Gasteiger partial charge in [0, 0.05) is 0 Å². The highest BCUT2D eigenvalue weighted by Gasteiger charge is 2.54. The van der Waals surface area contributed by atoms with Gasteiger partial charge in [-0.05, 0) is 113 Å². The van der Waals surface area contributed by atoms with Crippen molar-refractivity contribution in [2.24, 2.45) is 35.5 Å². The van der Waals surface area contributed by atoms with Crippen LogP contribution in [0.2, 0.25) is 0 Å². The van der Waals surface area contributed by atoms with E-state index in [-0.39, 0.29) is 17.3 Å². The van der Waals surface area contributed by atoms with Gasteiger partial charge in [-0.1, -0.05) is 0 Å². The number of carbonyl (C=O) groups is 1. The number of hydrogen-bond acceptors (Lipinski definition) is 3. The summed E-state index contributed by atoms with van der Waals surface area (Å²) in [6.07, 6.45) is 14.6. The molecule has 0 spiro atoms. The Morgan fingerprint density at radius 2 is 1.00 bits per heavy atom. The molecule has 0 atom stereocenters. The Morgan fingerprint density at radius 3 is 1.40 bits per heavy atom. The number of hydrogen-bond donors (Lipinski definition) is 1.